The topological polar surface area (TPSA) is 28.7 Å². The van der Waals surface area contributed by atoms with Gasteiger partial charge < -0.3 is 4.98 Å². The molecule has 2 heteroatoms. The van der Waals surface area contributed by atoms with E-state index in [2.05, 4.69) is 30.7 Å². The van der Waals surface area contributed by atoms with E-state index in [1.165, 1.54) is 0 Å². The Balaban J connectivity index is 2.76. The van der Waals surface area contributed by atoms with Crippen molar-refractivity contribution in [3.8, 4) is 0 Å². The van der Waals surface area contributed by atoms with Crippen molar-refractivity contribution in [2.45, 2.75) is 33.6 Å². The fourth-order valence-corrected chi connectivity index (χ4v) is 0.980. The molecule has 0 saturated carbocycles. The zero-order valence-corrected chi connectivity index (χ0v) is 7.68. The summed E-state index contributed by atoms with van der Waals surface area (Å²) in [5.41, 5.74) is 1.15. The molecule has 1 rings (SSSR count). The maximum atomic E-state index is 4.28. The fourth-order valence-electron chi connectivity index (χ4n) is 0.980. The molecular formula is C9H16N2. The van der Waals surface area contributed by atoms with Crippen molar-refractivity contribution >= 4 is 0 Å². The van der Waals surface area contributed by atoms with Crippen LogP contribution in [0.3, 0.4) is 0 Å². The first kappa shape index (κ1) is 8.31. The molecule has 0 aromatic carbocycles. The number of nitrogens with zero attached hydrogens (tertiary/aromatic N) is 1. The van der Waals surface area contributed by atoms with E-state index in [1.54, 1.807) is 0 Å². The SMILES string of the molecule is Cc1cnc(C(C)C(C)C)[nH]1. The van der Waals surface area contributed by atoms with Crippen molar-refractivity contribution in [1.29, 1.82) is 0 Å². The summed E-state index contributed by atoms with van der Waals surface area (Å²) in [6.45, 7) is 8.65. The average Bonchev–Trinajstić information content (AvgIpc) is 2.34. The molecule has 0 fully saturated rings. The largest absolute Gasteiger partial charge is 0.346 e. The molecule has 11 heavy (non-hydrogen) atoms. The molecule has 1 aromatic heterocycles. The smallest absolute Gasteiger partial charge is 0.109 e. The molecule has 0 spiro atoms. The molecule has 0 bridgehead atoms. The van der Waals surface area contributed by atoms with Crippen LogP contribution in [-0.2, 0) is 0 Å². The lowest BCUT2D eigenvalue weighted by atomic mass is 9.98. The Labute approximate surface area is 68.0 Å². The van der Waals surface area contributed by atoms with E-state index in [9.17, 15) is 0 Å². The number of hydrogen-bond acceptors (Lipinski definition) is 1. The normalized spacial score (nSPS) is 13.9. The zero-order chi connectivity index (χ0) is 8.43. The quantitative estimate of drug-likeness (QED) is 0.693. The van der Waals surface area contributed by atoms with Crippen molar-refractivity contribution in [2.75, 3.05) is 0 Å². The van der Waals surface area contributed by atoms with Gasteiger partial charge in [0.05, 0.1) is 0 Å². The highest BCUT2D eigenvalue weighted by atomic mass is 14.9. The van der Waals surface area contributed by atoms with Crippen LogP contribution >= 0.6 is 0 Å². The monoisotopic (exact) mass is 152 g/mol. The molecule has 0 aliphatic heterocycles. The average molecular weight is 152 g/mol. The van der Waals surface area contributed by atoms with Gasteiger partial charge in [-0.05, 0) is 12.8 Å². The summed E-state index contributed by atoms with van der Waals surface area (Å²) in [4.78, 5) is 7.53. The molecule has 1 atom stereocenters. The van der Waals surface area contributed by atoms with E-state index in [0.717, 1.165) is 11.5 Å². The molecule has 2 nitrogen and oxygen atoms in total. The summed E-state index contributed by atoms with van der Waals surface area (Å²) in [5, 5.41) is 0. The Kier molecular flexibility index (Phi) is 2.32. The second-order valence-corrected chi connectivity index (χ2v) is 3.48. The molecule has 62 valence electrons. The van der Waals surface area contributed by atoms with E-state index in [1.807, 2.05) is 13.1 Å². The van der Waals surface area contributed by atoms with E-state index >= 15 is 0 Å². The molecular weight excluding hydrogens is 136 g/mol. The molecule has 1 aromatic rings. The minimum absolute atomic E-state index is 0.531. The molecule has 0 aliphatic rings. The highest BCUT2D eigenvalue weighted by Crippen LogP contribution is 2.19. The number of hydrogen-bond donors (Lipinski definition) is 1. The number of imidazole rings is 1. The summed E-state index contributed by atoms with van der Waals surface area (Å²) < 4.78 is 0. The van der Waals surface area contributed by atoms with E-state index in [4.69, 9.17) is 0 Å². The third-order valence-corrected chi connectivity index (χ3v) is 2.15. The van der Waals surface area contributed by atoms with Crippen LogP contribution < -0.4 is 0 Å². The van der Waals surface area contributed by atoms with Crippen molar-refractivity contribution < 1.29 is 0 Å². The van der Waals surface area contributed by atoms with Gasteiger partial charge in [0, 0.05) is 17.8 Å². The van der Waals surface area contributed by atoms with Crippen LogP contribution in [0.2, 0.25) is 0 Å². The molecule has 1 heterocycles. The fraction of sp³-hybridized carbons (Fsp3) is 0.667. The summed E-state index contributed by atoms with van der Waals surface area (Å²) in [6.07, 6.45) is 1.88. The maximum absolute atomic E-state index is 4.28. The molecule has 0 amide bonds. The van der Waals surface area contributed by atoms with Crippen molar-refractivity contribution in [3.63, 3.8) is 0 Å². The van der Waals surface area contributed by atoms with Crippen LogP contribution in [-0.4, -0.2) is 9.97 Å². The first-order valence-electron chi connectivity index (χ1n) is 4.12. The van der Waals surface area contributed by atoms with Gasteiger partial charge in [-0.15, -0.1) is 0 Å². The van der Waals surface area contributed by atoms with Gasteiger partial charge in [0.2, 0.25) is 0 Å². The lowest BCUT2D eigenvalue weighted by molar-refractivity contribution is 0.514. The molecule has 1 unspecified atom stereocenters. The van der Waals surface area contributed by atoms with Gasteiger partial charge in [0.15, 0.2) is 0 Å². The van der Waals surface area contributed by atoms with Crippen LogP contribution in [0.25, 0.3) is 0 Å². The van der Waals surface area contributed by atoms with E-state index < -0.39 is 0 Å². The van der Waals surface area contributed by atoms with E-state index in [-0.39, 0.29) is 0 Å². The van der Waals surface area contributed by atoms with Crippen LogP contribution in [0.15, 0.2) is 6.20 Å². The molecule has 0 aliphatic carbocycles. The maximum Gasteiger partial charge on any atom is 0.109 e. The number of aromatic nitrogens is 2. The molecule has 1 N–H and O–H groups in total. The summed E-state index contributed by atoms with van der Waals surface area (Å²) >= 11 is 0. The van der Waals surface area contributed by atoms with Crippen LogP contribution in [0.1, 0.15) is 38.2 Å². The predicted molar refractivity (Wildman–Crippen MR) is 46.6 cm³/mol. The van der Waals surface area contributed by atoms with Gasteiger partial charge >= 0.3 is 0 Å². The molecule has 0 radical (unpaired) electrons. The Hall–Kier alpha value is -0.790. The van der Waals surface area contributed by atoms with Gasteiger partial charge in [-0.1, -0.05) is 20.8 Å². The number of nitrogens with one attached hydrogen (secondary N) is 1. The first-order valence-corrected chi connectivity index (χ1v) is 4.12. The minimum atomic E-state index is 0.531. The van der Waals surface area contributed by atoms with E-state index in [0.29, 0.717) is 11.8 Å². The van der Waals surface area contributed by atoms with Crippen LogP contribution in [0, 0.1) is 12.8 Å². The highest BCUT2D eigenvalue weighted by Gasteiger charge is 2.11. The number of H-pyrrole nitrogens is 1. The Bertz CT molecular complexity index is 225. The Morgan fingerprint density at radius 2 is 2.00 bits per heavy atom. The van der Waals surface area contributed by atoms with Crippen LogP contribution in [0.4, 0.5) is 0 Å². The zero-order valence-electron chi connectivity index (χ0n) is 7.68. The Morgan fingerprint density at radius 3 is 2.36 bits per heavy atom. The van der Waals surface area contributed by atoms with Crippen molar-refractivity contribution in [1.82, 2.24) is 9.97 Å². The van der Waals surface area contributed by atoms with Crippen molar-refractivity contribution in [3.05, 3.63) is 17.7 Å². The van der Waals surface area contributed by atoms with Crippen LogP contribution in [0.5, 0.6) is 0 Å². The standard InChI is InChI=1S/C9H16N2/c1-6(2)8(4)9-10-5-7(3)11-9/h5-6,8H,1-4H3,(H,10,11). The third-order valence-electron chi connectivity index (χ3n) is 2.15. The Morgan fingerprint density at radius 1 is 1.36 bits per heavy atom. The summed E-state index contributed by atoms with van der Waals surface area (Å²) in [7, 11) is 0. The molecule has 0 saturated heterocycles. The van der Waals surface area contributed by atoms with Gasteiger partial charge in [0.25, 0.3) is 0 Å². The van der Waals surface area contributed by atoms with Gasteiger partial charge in [-0.3, -0.25) is 0 Å². The summed E-state index contributed by atoms with van der Waals surface area (Å²) in [5.74, 6) is 2.29. The lowest BCUT2D eigenvalue weighted by Crippen LogP contribution is -2.03. The second kappa shape index (κ2) is 3.07. The first-order chi connectivity index (χ1) is 5.11. The summed E-state index contributed by atoms with van der Waals surface area (Å²) in [6, 6.07) is 0. The number of aromatic amines is 1. The highest BCUT2D eigenvalue weighted by molar-refractivity contribution is 5.03. The minimum Gasteiger partial charge on any atom is -0.346 e. The lowest BCUT2D eigenvalue weighted by Gasteiger charge is -2.11. The second-order valence-electron chi connectivity index (χ2n) is 3.48. The van der Waals surface area contributed by atoms with Gasteiger partial charge in [-0.25, -0.2) is 4.98 Å². The van der Waals surface area contributed by atoms with Gasteiger partial charge in [-0.2, -0.15) is 0 Å². The number of rotatable bonds is 2. The van der Waals surface area contributed by atoms with Gasteiger partial charge in [0.1, 0.15) is 5.82 Å². The number of aryl methyl sites for hydroxylation is 1. The third kappa shape index (κ3) is 1.82. The predicted octanol–water partition coefficient (Wildman–Crippen LogP) is 2.48. The van der Waals surface area contributed by atoms with Crippen molar-refractivity contribution in [2.24, 2.45) is 5.92 Å².